The number of ether oxygens (including phenoxy) is 2. The van der Waals surface area contributed by atoms with Crippen molar-refractivity contribution >= 4 is 11.8 Å². The van der Waals surface area contributed by atoms with Crippen molar-refractivity contribution in [3.05, 3.63) is 66.4 Å². The van der Waals surface area contributed by atoms with Crippen molar-refractivity contribution in [3.63, 3.8) is 0 Å². The second-order valence-corrected chi connectivity index (χ2v) is 5.98. The molecule has 0 saturated carbocycles. The van der Waals surface area contributed by atoms with E-state index >= 15 is 0 Å². The average Bonchev–Trinajstić information content (AvgIpc) is 3.41. The van der Waals surface area contributed by atoms with E-state index < -0.39 is 0 Å². The van der Waals surface area contributed by atoms with E-state index in [1.54, 1.807) is 53.8 Å². The zero-order valence-electron chi connectivity index (χ0n) is 14.8. The molecule has 9 heteroatoms. The van der Waals surface area contributed by atoms with E-state index in [9.17, 15) is 9.59 Å². The van der Waals surface area contributed by atoms with Crippen molar-refractivity contribution in [3.8, 4) is 17.3 Å². The lowest BCUT2D eigenvalue weighted by Crippen LogP contribution is -2.36. The Hall–Kier alpha value is -3.88. The Bertz CT molecular complexity index is 1000. The van der Waals surface area contributed by atoms with Crippen LogP contribution in [0, 0.1) is 0 Å². The van der Waals surface area contributed by atoms with Crippen LogP contribution in [0.5, 0.6) is 11.5 Å². The molecule has 9 nitrogen and oxygen atoms in total. The molecular weight excluding hydrogens is 362 g/mol. The first kappa shape index (κ1) is 17.5. The Balaban J connectivity index is 1.31. The summed E-state index contributed by atoms with van der Waals surface area (Å²) in [5.74, 6) is 1.12. The first-order valence-electron chi connectivity index (χ1n) is 8.57. The van der Waals surface area contributed by atoms with Gasteiger partial charge in [0.2, 0.25) is 12.7 Å². The molecule has 1 aliphatic rings. The van der Waals surface area contributed by atoms with E-state index in [2.05, 4.69) is 20.6 Å². The van der Waals surface area contributed by atoms with Gasteiger partial charge < -0.3 is 20.1 Å². The Morgan fingerprint density at radius 3 is 2.86 bits per heavy atom. The Morgan fingerprint density at radius 1 is 1.11 bits per heavy atom. The van der Waals surface area contributed by atoms with Gasteiger partial charge in [-0.3, -0.25) is 14.2 Å². The van der Waals surface area contributed by atoms with Gasteiger partial charge in [-0.25, -0.2) is 9.97 Å². The number of benzene rings is 1. The van der Waals surface area contributed by atoms with E-state index in [1.807, 2.05) is 6.07 Å². The molecule has 3 heterocycles. The molecule has 0 atom stereocenters. The van der Waals surface area contributed by atoms with Crippen LogP contribution in [0.15, 0.2) is 55.2 Å². The molecule has 0 spiro atoms. The zero-order valence-corrected chi connectivity index (χ0v) is 14.8. The highest BCUT2D eigenvalue weighted by Crippen LogP contribution is 2.32. The van der Waals surface area contributed by atoms with Crippen LogP contribution in [-0.4, -0.2) is 39.7 Å². The lowest BCUT2D eigenvalue weighted by Gasteiger charge is -2.11. The van der Waals surface area contributed by atoms with Gasteiger partial charge in [-0.15, -0.1) is 0 Å². The van der Waals surface area contributed by atoms with E-state index in [1.165, 1.54) is 0 Å². The molecule has 3 aromatic rings. The summed E-state index contributed by atoms with van der Waals surface area (Å²) in [4.78, 5) is 32.7. The zero-order chi connectivity index (χ0) is 19.3. The molecule has 1 aromatic carbocycles. The number of nitrogens with one attached hydrogen (secondary N) is 2. The third kappa shape index (κ3) is 3.78. The van der Waals surface area contributed by atoms with E-state index in [-0.39, 0.29) is 31.7 Å². The van der Waals surface area contributed by atoms with Gasteiger partial charge in [-0.2, -0.15) is 0 Å². The lowest BCUT2D eigenvalue weighted by atomic mass is 10.2. The van der Waals surface area contributed by atoms with Gasteiger partial charge in [0.05, 0.1) is 6.54 Å². The number of hydrogen-bond donors (Lipinski definition) is 2. The average molecular weight is 379 g/mol. The van der Waals surface area contributed by atoms with E-state index in [0.29, 0.717) is 22.9 Å². The molecule has 0 fully saturated rings. The molecular formula is C19H17N5O4. The highest BCUT2D eigenvalue weighted by Gasteiger charge is 2.16. The fraction of sp³-hybridized carbons (Fsp3) is 0.158. The molecule has 4 rings (SSSR count). The number of pyridine rings is 1. The summed E-state index contributed by atoms with van der Waals surface area (Å²) in [6.45, 7) is 0.270. The molecule has 1 aliphatic heterocycles. The van der Waals surface area contributed by atoms with Gasteiger partial charge in [0.25, 0.3) is 5.91 Å². The van der Waals surface area contributed by atoms with Crippen molar-refractivity contribution < 1.29 is 19.1 Å². The summed E-state index contributed by atoms with van der Waals surface area (Å²) >= 11 is 0. The fourth-order valence-electron chi connectivity index (χ4n) is 2.74. The predicted molar refractivity (Wildman–Crippen MR) is 98.1 cm³/mol. The third-order valence-electron chi connectivity index (χ3n) is 4.14. The van der Waals surface area contributed by atoms with Crippen LogP contribution < -0.4 is 20.1 Å². The number of rotatable bonds is 6. The van der Waals surface area contributed by atoms with Gasteiger partial charge in [0, 0.05) is 36.3 Å². The van der Waals surface area contributed by atoms with Crippen LogP contribution in [0.25, 0.3) is 5.82 Å². The minimum absolute atomic E-state index is 0.137. The molecule has 2 N–H and O–H groups in total. The van der Waals surface area contributed by atoms with Crippen molar-refractivity contribution in [2.75, 3.05) is 13.3 Å². The monoisotopic (exact) mass is 379 g/mol. The minimum atomic E-state index is -0.367. The van der Waals surface area contributed by atoms with Crippen LogP contribution in [0.2, 0.25) is 0 Å². The summed E-state index contributed by atoms with van der Waals surface area (Å²) in [5.41, 5.74) is 1.22. The number of carbonyl (C=O) groups is 2. The van der Waals surface area contributed by atoms with Crippen LogP contribution in [0.3, 0.4) is 0 Å². The topological polar surface area (TPSA) is 107 Å². The quantitative estimate of drug-likeness (QED) is 0.663. The second-order valence-electron chi connectivity index (χ2n) is 5.98. The summed E-state index contributed by atoms with van der Waals surface area (Å²) in [5, 5.41) is 5.37. The Labute approximate surface area is 160 Å². The summed E-state index contributed by atoms with van der Waals surface area (Å²) in [6.07, 6.45) is 6.74. The summed E-state index contributed by atoms with van der Waals surface area (Å²) in [7, 11) is 0. The van der Waals surface area contributed by atoms with Gasteiger partial charge in [0.1, 0.15) is 12.1 Å². The first-order chi connectivity index (χ1) is 13.7. The lowest BCUT2D eigenvalue weighted by molar-refractivity contribution is -0.120. The largest absolute Gasteiger partial charge is 0.454 e. The summed E-state index contributed by atoms with van der Waals surface area (Å²) < 4.78 is 12.2. The number of amides is 2. The maximum Gasteiger partial charge on any atom is 0.251 e. The number of aromatic nitrogens is 3. The molecule has 0 saturated heterocycles. The maximum absolute atomic E-state index is 12.2. The Kier molecular flexibility index (Phi) is 4.87. The third-order valence-corrected chi connectivity index (χ3v) is 4.14. The molecule has 28 heavy (non-hydrogen) atoms. The van der Waals surface area contributed by atoms with Gasteiger partial charge in [-0.1, -0.05) is 6.07 Å². The van der Waals surface area contributed by atoms with Gasteiger partial charge >= 0.3 is 0 Å². The van der Waals surface area contributed by atoms with E-state index in [4.69, 9.17) is 9.47 Å². The number of carbonyl (C=O) groups excluding carboxylic acids is 2. The molecule has 2 amide bonds. The summed E-state index contributed by atoms with van der Waals surface area (Å²) in [6, 6.07) is 8.53. The SMILES string of the molecule is O=C(CNC(=O)c1ccc2c(c1)OCO2)NCc1cccnc1-n1ccnc1. The van der Waals surface area contributed by atoms with Gasteiger partial charge in [-0.05, 0) is 24.3 Å². The molecule has 2 aromatic heterocycles. The van der Waals surface area contributed by atoms with Crippen molar-refractivity contribution in [2.24, 2.45) is 0 Å². The molecule has 0 bridgehead atoms. The predicted octanol–water partition coefficient (Wildman–Crippen LogP) is 1.04. The highest BCUT2D eigenvalue weighted by molar-refractivity contribution is 5.97. The standard InChI is InChI=1S/C19H17N5O4/c25-17(10-23-19(26)13-3-4-15-16(8-13)28-12-27-15)22-9-14-2-1-5-21-18(14)24-7-6-20-11-24/h1-8,11H,9-10,12H2,(H,22,25)(H,23,26). The minimum Gasteiger partial charge on any atom is -0.454 e. The molecule has 142 valence electrons. The molecule has 0 radical (unpaired) electrons. The smallest absolute Gasteiger partial charge is 0.251 e. The van der Waals surface area contributed by atoms with Crippen LogP contribution in [0.4, 0.5) is 0 Å². The van der Waals surface area contributed by atoms with Crippen LogP contribution in [-0.2, 0) is 11.3 Å². The fourth-order valence-corrected chi connectivity index (χ4v) is 2.74. The molecule has 0 aliphatic carbocycles. The van der Waals surface area contributed by atoms with Crippen molar-refractivity contribution in [2.45, 2.75) is 6.54 Å². The number of fused-ring (bicyclic) bond motifs is 1. The van der Waals surface area contributed by atoms with Crippen LogP contribution >= 0.6 is 0 Å². The molecule has 0 unspecified atom stereocenters. The highest BCUT2D eigenvalue weighted by atomic mass is 16.7. The first-order valence-corrected chi connectivity index (χ1v) is 8.57. The number of hydrogen-bond acceptors (Lipinski definition) is 6. The maximum atomic E-state index is 12.2. The van der Waals surface area contributed by atoms with E-state index in [0.717, 1.165) is 5.56 Å². The Morgan fingerprint density at radius 2 is 2.00 bits per heavy atom. The number of imidazole rings is 1. The second kappa shape index (κ2) is 7.78. The number of nitrogens with zero attached hydrogens (tertiary/aromatic N) is 3. The van der Waals surface area contributed by atoms with Gasteiger partial charge in [0.15, 0.2) is 11.5 Å². The van der Waals surface area contributed by atoms with Crippen LogP contribution in [0.1, 0.15) is 15.9 Å². The normalized spacial score (nSPS) is 11.9. The van der Waals surface area contributed by atoms with Crippen molar-refractivity contribution in [1.29, 1.82) is 0 Å². The van der Waals surface area contributed by atoms with Crippen molar-refractivity contribution in [1.82, 2.24) is 25.2 Å².